The number of amides is 1. The van der Waals surface area contributed by atoms with Crippen molar-refractivity contribution in [3.63, 3.8) is 0 Å². The molecule has 0 saturated carbocycles. The van der Waals surface area contributed by atoms with Gasteiger partial charge in [-0.25, -0.2) is 14.4 Å². The highest BCUT2D eigenvalue weighted by Crippen LogP contribution is 2.36. The molecular formula is C26H28F4N4O4. The van der Waals surface area contributed by atoms with Gasteiger partial charge < -0.3 is 24.4 Å². The van der Waals surface area contributed by atoms with Crippen LogP contribution in [0.2, 0.25) is 0 Å². The molecule has 3 aromatic rings. The highest BCUT2D eigenvalue weighted by atomic mass is 19.4. The zero-order valence-corrected chi connectivity index (χ0v) is 21.4. The number of nitrogens with zero attached hydrogens (tertiary/aromatic N) is 3. The fraction of sp³-hybridized carbons (Fsp3) is 0.423. The van der Waals surface area contributed by atoms with Gasteiger partial charge in [-0.3, -0.25) is 4.79 Å². The lowest BCUT2D eigenvalue weighted by molar-refractivity contribution is -0.138. The summed E-state index contributed by atoms with van der Waals surface area (Å²) < 4.78 is 70.9. The van der Waals surface area contributed by atoms with Crippen molar-refractivity contribution in [1.82, 2.24) is 14.9 Å². The molecule has 0 aliphatic carbocycles. The number of methoxy groups -OCH3 is 1. The maximum absolute atomic E-state index is 14.0. The van der Waals surface area contributed by atoms with Crippen LogP contribution < -0.4 is 14.8 Å². The smallest absolute Gasteiger partial charge is 0.416 e. The van der Waals surface area contributed by atoms with E-state index < -0.39 is 23.6 Å². The predicted molar refractivity (Wildman–Crippen MR) is 132 cm³/mol. The molecule has 1 saturated heterocycles. The van der Waals surface area contributed by atoms with Crippen molar-refractivity contribution in [3.05, 3.63) is 53.1 Å². The molecular weight excluding hydrogens is 508 g/mol. The number of hydrogen-bond donors (Lipinski definition) is 1. The largest absolute Gasteiger partial charge is 0.493 e. The standard InChI is InChI=1S/C26H28F4N4O4/c1-14(17-7-18(26(28,29)30)9-19(27)8-17)31-25-21-10-24(23(36-4)11-22(21)32-15(2)33-25)38-13-20-12-34(16(3)35)5-6-37-20/h7-11,14,20H,5-6,12-13H2,1-4H3,(H,31,32,33)/t14-,20+/m1/s1. The van der Waals surface area contributed by atoms with E-state index in [0.717, 1.165) is 12.1 Å². The van der Waals surface area contributed by atoms with Crippen molar-refractivity contribution in [3.8, 4) is 11.5 Å². The molecule has 1 aliphatic rings. The monoisotopic (exact) mass is 536 g/mol. The molecule has 1 aliphatic heterocycles. The third-order valence-corrected chi connectivity index (χ3v) is 6.20. The first kappa shape index (κ1) is 27.4. The molecule has 0 radical (unpaired) electrons. The summed E-state index contributed by atoms with van der Waals surface area (Å²) in [4.78, 5) is 22.3. The van der Waals surface area contributed by atoms with E-state index in [1.165, 1.54) is 14.0 Å². The van der Waals surface area contributed by atoms with Gasteiger partial charge in [-0.05, 0) is 43.7 Å². The van der Waals surface area contributed by atoms with Crippen LogP contribution in [-0.4, -0.2) is 60.3 Å². The minimum Gasteiger partial charge on any atom is -0.493 e. The molecule has 1 amide bonds. The lowest BCUT2D eigenvalue weighted by atomic mass is 10.0. The number of hydrogen-bond acceptors (Lipinski definition) is 7. The summed E-state index contributed by atoms with van der Waals surface area (Å²) in [6.45, 7) is 6.26. The van der Waals surface area contributed by atoms with Crippen molar-refractivity contribution < 1.29 is 36.6 Å². The normalized spacial score (nSPS) is 16.8. The van der Waals surface area contributed by atoms with Crippen LogP contribution in [0.1, 0.15) is 36.8 Å². The molecule has 2 heterocycles. The topological polar surface area (TPSA) is 85.8 Å². The van der Waals surface area contributed by atoms with Gasteiger partial charge in [0.2, 0.25) is 5.91 Å². The third-order valence-electron chi connectivity index (χ3n) is 6.20. The summed E-state index contributed by atoms with van der Waals surface area (Å²) in [5.41, 5.74) is -0.446. The van der Waals surface area contributed by atoms with E-state index in [9.17, 15) is 22.4 Å². The number of aryl methyl sites for hydroxylation is 1. The number of nitrogens with one attached hydrogen (secondary N) is 1. The Morgan fingerprint density at radius 3 is 2.66 bits per heavy atom. The number of fused-ring (bicyclic) bond motifs is 1. The SMILES string of the molecule is COc1cc2nc(C)nc(N[C@H](C)c3cc(F)cc(C(F)(F)F)c3)c2cc1OC[C@@H]1CN(C(C)=O)CCO1. The van der Waals surface area contributed by atoms with Crippen LogP contribution in [-0.2, 0) is 15.7 Å². The fourth-order valence-corrected chi connectivity index (χ4v) is 4.24. The number of morpholine rings is 1. The van der Waals surface area contributed by atoms with Gasteiger partial charge in [0, 0.05) is 24.9 Å². The molecule has 0 spiro atoms. The van der Waals surface area contributed by atoms with E-state index in [4.69, 9.17) is 14.2 Å². The van der Waals surface area contributed by atoms with E-state index in [1.807, 2.05) is 0 Å². The number of carbonyl (C=O) groups is 1. The van der Waals surface area contributed by atoms with Crippen molar-refractivity contribution >= 4 is 22.6 Å². The van der Waals surface area contributed by atoms with Gasteiger partial charge in [-0.2, -0.15) is 13.2 Å². The molecule has 0 unspecified atom stereocenters. The van der Waals surface area contributed by atoms with Crippen molar-refractivity contribution in [2.75, 3.05) is 38.7 Å². The van der Waals surface area contributed by atoms with Crippen LogP contribution in [0.3, 0.4) is 0 Å². The molecule has 12 heteroatoms. The van der Waals surface area contributed by atoms with Crippen LogP contribution in [0.25, 0.3) is 10.9 Å². The zero-order chi connectivity index (χ0) is 27.6. The minimum atomic E-state index is -4.68. The Morgan fingerprint density at radius 2 is 1.97 bits per heavy atom. The van der Waals surface area contributed by atoms with Gasteiger partial charge in [0.25, 0.3) is 0 Å². The molecule has 2 atom stereocenters. The van der Waals surface area contributed by atoms with Crippen molar-refractivity contribution in [1.29, 1.82) is 0 Å². The van der Waals surface area contributed by atoms with E-state index in [1.54, 1.807) is 30.9 Å². The third kappa shape index (κ3) is 6.24. The summed E-state index contributed by atoms with van der Waals surface area (Å²) in [5.74, 6) is 0.506. The van der Waals surface area contributed by atoms with Gasteiger partial charge in [-0.15, -0.1) is 0 Å². The molecule has 4 rings (SSSR count). The van der Waals surface area contributed by atoms with Crippen LogP contribution >= 0.6 is 0 Å². The molecule has 1 N–H and O–H groups in total. The van der Waals surface area contributed by atoms with Gasteiger partial charge in [0.1, 0.15) is 30.2 Å². The lowest BCUT2D eigenvalue weighted by Gasteiger charge is -2.32. The summed E-state index contributed by atoms with van der Waals surface area (Å²) >= 11 is 0. The number of carbonyl (C=O) groups excluding carboxylic acids is 1. The second kappa shape index (κ2) is 11.0. The summed E-state index contributed by atoms with van der Waals surface area (Å²) in [6.07, 6.45) is -5.02. The van der Waals surface area contributed by atoms with Crippen LogP contribution in [0.15, 0.2) is 30.3 Å². The van der Waals surface area contributed by atoms with E-state index in [2.05, 4.69) is 15.3 Å². The van der Waals surface area contributed by atoms with Crippen molar-refractivity contribution in [2.24, 2.45) is 0 Å². The van der Waals surface area contributed by atoms with Gasteiger partial charge in [0.05, 0.1) is 37.4 Å². The fourth-order valence-electron chi connectivity index (χ4n) is 4.24. The summed E-state index contributed by atoms with van der Waals surface area (Å²) in [5, 5.41) is 3.61. The Hall–Kier alpha value is -3.67. The molecule has 2 aromatic carbocycles. The van der Waals surface area contributed by atoms with Gasteiger partial charge >= 0.3 is 6.18 Å². The van der Waals surface area contributed by atoms with E-state index in [-0.39, 0.29) is 24.2 Å². The zero-order valence-electron chi connectivity index (χ0n) is 21.4. The molecule has 1 fully saturated rings. The average Bonchev–Trinajstić information content (AvgIpc) is 2.86. The first-order chi connectivity index (χ1) is 17.9. The Balaban J connectivity index is 1.62. The Labute approximate surface area is 216 Å². The number of ether oxygens (including phenoxy) is 3. The average molecular weight is 537 g/mol. The second-order valence-corrected chi connectivity index (χ2v) is 9.05. The van der Waals surface area contributed by atoms with Crippen molar-refractivity contribution in [2.45, 2.75) is 39.1 Å². The number of alkyl halides is 3. The highest BCUT2D eigenvalue weighted by Gasteiger charge is 2.32. The van der Waals surface area contributed by atoms with Crippen LogP contribution in [0, 0.1) is 12.7 Å². The molecule has 204 valence electrons. The quantitative estimate of drug-likeness (QED) is 0.430. The van der Waals surface area contributed by atoms with Crippen LogP contribution in [0.4, 0.5) is 23.4 Å². The Bertz CT molecular complexity index is 1330. The number of anilines is 1. The predicted octanol–water partition coefficient (Wildman–Crippen LogP) is 4.90. The molecule has 38 heavy (non-hydrogen) atoms. The van der Waals surface area contributed by atoms with Gasteiger partial charge in [0.15, 0.2) is 11.5 Å². The van der Waals surface area contributed by atoms with Gasteiger partial charge in [-0.1, -0.05) is 0 Å². The van der Waals surface area contributed by atoms with E-state index >= 15 is 0 Å². The first-order valence-corrected chi connectivity index (χ1v) is 11.9. The number of benzene rings is 2. The Morgan fingerprint density at radius 1 is 1.21 bits per heavy atom. The maximum Gasteiger partial charge on any atom is 0.416 e. The minimum absolute atomic E-state index is 0.0420. The second-order valence-electron chi connectivity index (χ2n) is 9.05. The first-order valence-electron chi connectivity index (χ1n) is 11.9. The van der Waals surface area contributed by atoms with E-state index in [0.29, 0.717) is 59.8 Å². The number of aromatic nitrogens is 2. The Kier molecular flexibility index (Phi) is 7.91. The summed E-state index contributed by atoms with van der Waals surface area (Å²) in [6, 6.07) is 5.04. The molecule has 1 aromatic heterocycles. The number of rotatable bonds is 7. The molecule has 0 bridgehead atoms. The summed E-state index contributed by atoms with van der Waals surface area (Å²) in [7, 11) is 1.49. The van der Waals surface area contributed by atoms with Crippen LogP contribution in [0.5, 0.6) is 11.5 Å². The maximum atomic E-state index is 14.0. The molecule has 8 nitrogen and oxygen atoms in total. The highest BCUT2D eigenvalue weighted by molar-refractivity contribution is 5.92. The number of halogens is 4. The lowest BCUT2D eigenvalue weighted by Crippen LogP contribution is -2.46.